The van der Waals surface area contributed by atoms with E-state index in [1.165, 1.54) is 62.4 Å². The standard InChI is InChI=1S/C62H95N13O19/c1-9-33(7)51(61(92)69-41(22-24-47(80)81)55(86)67-42(23-25-48(82)83)57(88)73-49(31(3)4)59(90)68-40(13-11-12-26-63)56(87)75-52(62(93)94)34(8)10-2)72-46(79)30-66-54(85)43(28-36-16-20-38(77)21-17-36)71-60(91)50(32(5)6)74-58(89)44(29-45(65)78)70-53(84)39(64)27-35-14-18-37(76)19-15-35/h14-21,31-34,39-44,49-52,76-77H,9-13,22-30,63-64H2,1-8H3,(H2,65,78)(H,66,85)(H,67,86)(H,68,90)(H,69,92)(H,70,84)(H,71,91)(H,72,79)(H,73,88)(H,74,89)(H,75,87)(H,80,81)(H,82,83)(H,93,94)/t33-,34-,39-,40-,41-,42-,43-,44-,49-,50-,51-,52-/m0/s1. The first kappa shape index (κ1) is 80.6. The third-order valence-electron chi connectivity index (χ3n) is 15.4. The number of amides is 11. The molecular formula is C62H95N13O19. The SMILES string of the molecule is CC[C@H](C)[C@H](NC(=O)[C@H](CCCCN)NC(=O)[C@@H](NC(=O)[C@H](CCC(=O)O)NC(=O)[C@H](CCC(=O)O)NC(=O)[C@@H](NC(=O)CNC(=O)[C@H](Cc1ccc(O)cc1)NC(=O)[C@@H](NC(=O)[C@H](CC(N)=O)NC(=O)[C@@H](N)Cc1ccc(O)cc1)C(C)C)[C@@H](C)CC)C(C)C)C(=O)O. The van der Waals surface area contributed by atoms with Crippen LogP contribution in [0, 0.1) is 23.7 Å². The Morgan fingerprint density at radius 2 is 0.819 bits per heavy atom. The molecule has 0 unspecified atom stereocenters. The summed E-state index contributed by atoms with van der Waals surface area (Å²) in [4.78, 5) is 187. The Bertz CT molecular complexity index is 2930. The van der Waals surface area contributed by atoms with Crippen LogP contribution in [0.15, 0.2) is 48.5 Å². The van der Waals surface area contributed by atoms with Crippen molar-refractivity contribution in [3.05, 3.63) is 59.7 Å². The molecule has 11 amide bonds. The van der Waals surface area contributed by atoms with Gasteiger partial charge in [-0.15, -0.1) is 0 Å². The van der Waals surface area contributed by atoms with Gasteiger partial charge in [-0.1, -0.05) is 92.5 Å². The van der Waals surface area contributed by atoms with E-state index in [0.29, 0.717) is 30.4 Å². The number of hydrogen-bond acceptors (Lipinski definition) is 18. The summed E-state index contributed by atoms with van der Waals surface area (Å²) in [5.74, 6) is -17.8. The number of phenols is 2. The molecule has 0 saturated carbocycles. The van der Waals surface area contributed by atoms with E-state index in [2.05, 4.69) is 53.2 Å². The van der Waals surface area contributed by atoms with Crippen LogP contribution >= 0.6 is 0 Å². The van der Waals surface area contributed by atoms with Crippen molar-refractivity contribution in [2.24, 2.45) is 40.9 Å². The maximum absolute atomic E-state index is 14.2. The van der Waals surface area contributed by atoms with Gasteiger partial charge in [0.05, 0.1) is 19.0 Å². The average Bonchev–Trinajstić information content (AvgIpc) is 0.895. The Balaban J connectivity index is 2.40. The van der Waals surface area contributed by atoms with Gasteiger partial charge in [0.15, 0.2) is 0 Å². The Morgan fingerprint density at radius 1 is 0.436 bits per heavy atom. The maximum Gasteiger partial charge on any atom is 0.326 e. The normalized spacial score (nSPS) is 15.0. The Hall–Kier alpha value is -9.46. The van der Waals surface area contributed by atoms with Crippen molar-refractivity contribution < 1.29 is 92.7 Å². The maximum atomic E-state index is 14.2. The third kappa shape index (κ3) is 28.6. The number of unbranched alkanes of at least 4 members (excludes halogenated alkanes) is 1. The molecule has 0 aliphatic carbocycles. The molecule has 2 aromatic rings. The summed E-state index contributed by atoms with van der Waals surface area (Å²) in [6.45, 7) is 12.1. The molecule has 12 atom stereocenters. The molecule has 0 aliphatic rings. The predicted octanol–water partition coefficient (Wildman–Crippen LogP) is -2.09. The van der Waals surface area contributed by atoms with Gasteiger partial charge in [-0.25, -0.2) is 4.79 Å². The second-order valence-corrected chi connectivity index (χ2v) is 23.8. The largest absolute Gasteiger partial charge is 0.508 e. The van der Waals surface area contributed by atoms with Gasteiger partial charge in [0.25, 0.3) is 0 Å². The van der Waals surface area contributed by atoms with E-state index in [-0.39, 0.29) is 43.7 Å². The van der Waals surface area contributed by atoms with Crippen LogP contribution in [0.1, 0.15) is 131 Å². The zero-order valence-corrected chi connectivity index (χ0v) is 54.3. The van der Waals surface area contributed by atoms with E-state index in [4.69, 9.17) is 17.2 Å². The minimum Gasteiger partial charge on any atom is -0.508 e. The fraction of sp³-hybridized carbons (Fsp3) is 0.581. The van der Waals surface area contributed by atoms with E-state index in [1.54, 1.807) is 41.5 Å². The molecule has 0 aliphatic heterocycles. The predicted molar refractivity (Wildman–Crippen MR) is 339 cm³/mol. The van der Waals surface area contributed by atoms with E-state index in [0.717, 1.165) is 0 Å². The summed E-state index contributed by atoms with van der Waals surface area (Å²) in [5.41, 5.74) is 18.1. The number of carboxylic acids is 3. The van der Waals surface area contributed by atoms with Crippen molar-refractivity contribution in [2.75, 3.05) is 13.1 Å². The summed E-state index contributed by atoms with van der Waals surface area (Å²) in [6, 6.07) is -3.59. The molecule has 32 nitrogen and oxygen atoms in total. The molecule has 0 fully saturated rings. The smallest absolute Gasteiger partial charge is 0.326 e. The molecule has 0 aromatic heterocycles. The Kier molecular flexibility index (Phi) is 34.7. The molecule has 0 radical (unpaired) electrons. The first-order chi connectivity index (χ1) is 44.1. The van der Waals surface area contributed by atoms with Gasteiger partial charge in [0.2, 0.25) is 65.0 Å². The summed E-state index contributed by atoms with van der Waals surface area (Å²) in [6.07, 6.45) is -2.30. The van der Waals surface area contributed by atoms with Crippen molar-refractivity contribution >= 4 is 82.9 Å². The zero-order chi connectivity index (χ0) is 71.1. The van der Waals surface area contributed by atoms with Crippen LogP contribution in [0.3, 0.4) is 0 Å². The highest BCUT2D eigenvalue weighted by Gasteiger charge is 2.38. The number of carboxylic acid groups (broad SMARTS) is 3. The molecular weight excluding hydrogens is 1230 g/mol. The molecule has 2 aromatic carbocycles. The lowest BCUT2D eigenvalue weighted by atomic mass is 9.97. The van der Waals surface area contributed by atoms with Gasteiger partial charge in [-0.3, -0.25) is 62.3 Å². The highest BCUT2D eigenvalue weighted by atomic mass is 16.4. The number of benzene rings is 2. The Morgan fingerprint density at radius 3 is 1.24 bits per heavy atom. The summed E-state index contributed by atoms with van der Waals surface area (Å²) >= 11 is 0. The number of aliphatic carboxylic acids is 3. The first-order valence-corrected chi connectivity index (χ1v) is 31.1. The van der Waals surface area contributed by atoms with Gasteiger partial charge >= 0.3 is 17.9 Å². The minimum absolute atomic E-state index is 0.0219. The molecule has 0 saturated heterocycles. The van der Waals surface area contributed by atoms with E-state index in [9.17, 15) is 92.7 Å². The third-order valence-corrected chi connectivity index (χ3v) is 15.4. The fourth-order valence-electron chi connectivity index (χ4n) is 9.37. The van der Waals surface area contributed by atoms with Crippen LogP contribution in [0.4, 0.5) is 0 Å². The van der Waals surface area contributed by atoms with Gasteiger partial charge in [-0.2, -0.15) is 0 Å². The van der Waals surface area contributed by atoms with Gasteiger partial charge < -0.3 is 95.9 Å². The highest BCUT2D eigenvalue weighted by Crippen LogP contribution is 2.17. The quantitative estimate of drug-likeness (QED) is 0.0317. The number of aromatic hydroxyl groups is 2. The van der Waals surface area contributed by atoms with E-state index >= 15 is 0 Å². The van der Waals surface area contributed by atoms with Crippen LogP contribution in [-0.4, -0.2) is 182 Å². The molecule has 0 spiro atoms. The summed E-state index contributed by atoms with van der Waals surface area (Å²) in [5, 5.41) is 73.3. The van der Waals surface area contributed by atoms with Crippen molar-refractivity contribution in [1.29, 1.82) is 0 Å². The lowest BCUT2D eigenvalue weighted by molar-refractivity contribution is -0.144. The van der Waals surface area contributed by atoms with E-state index in [1.807, 2.05) is 0 Å². The van der Waals surface area contributed by atoms with Crippen LogP contribution in [0.5, 0.6) is 11.5 Å². The van der Waals surface area contributed by atoms with Crippen LogP contribution < -0.4 is 70.4 Å². The number of rotatable bonds is 43. The number of nitrogens with two attached hydrogens (primary N) is 3. The molecule has 32 heteroatoms. The second-order valence-electron chi connectivity index (χ2n) is 23.8. The molecule has 522 valence electrons. The Labute approximate surface area is 544 Å². The number of primary amides is 1. The van der Waals surface area contributed by atoms with Crippen LogP contribution in [0.2, 0.25) is 0 Å². The van der Waals surface area contributed by atoms with Crippen molar-refractivity contribution in [2.45, 2.75) is 193 Å². The number of carbonyl (C=O) groups is 14. The lowest BCUT2D eigenvalue weighted by Gasteiger charge is -2.29. The van der Waals surface area contributed by atoms with E-state index < -0.39 is 206 Å². The summed E-state index contributed by atoms with van der Waals surface area (Å²) in [7, 11) is 0. The highest BCUT2D eigenvalue weighted by molar-refractivity contribution is 5.99. The lowest BCUT2D eigenvalue weighted by Crippen LogP contribution is -2.61. The topological polar surface area (TPSA) is 538 Å². The average molecular weight is 1330 g/mol. The van der Waals surface area contributed by atoms with Crippen LogP contribution in [-0.2, 0) is 80.0 Å². The molecule has 94 heavy (non-hydrogen) atoms. The summed E-state index contributed by atoms with van der Waals surface area (Å²) < 4.78 is 0. The van der Waals surface area contributed by atoms with Gasteiger partial charge in [0.1, 0.15) is 65.9 Å². The number of nitrogens with one attached hydrogen (secondary N) is 10. The van der Waals surface area contributed by atoms with Crippen LogP contribution in [0.25, 0.3) is 0 Å². The molecule has 0 bridgehead atoms. The molecule has 2 rings (SSSR count). The van der Waals surface area contributed by atoms with Crippen molar-refractivity contribution in [3.8, 4) is 11.5 Å². The number of hydrogen-bond donors (Lipinski definition) is 18. The molecule has 21 N–H and O–H groups in total. The first-order valence-electron chi connectivity index (χ1n) is 31.1. The molecule has 0 heterocycles. The van der Waals surface area contributed by atoms with Crippen molar-refractivity contribution in [3.63, 3.8) is 0 Å². The van der Waals surface area contributed by atoms with Gasteiger partial charge in [-0.05, 0) is 104 Å². The zero-order valence-electron chi connectivity index (χ0n) is 54.3. The second kappa shape index (κ2) is 40.5. The number of phenolic OH excluding ortho intramolecular Hbond substituents is 2. The monoisotopic (exact) mass is 1330 g/mol. The number of carbonyl (C=O) groups excluding carboxylic acids is 11. The van der Waals surface area contributed by atoms with Crippen molar-refractivity contribution in [1.82, 2.24) is 53.2 Å². The minimum atomic E-state index is -1.77. The fourth-order valence-corrected chi connectivity index (χ4v) is 9.37. The van der Waals surface area contributed by atoms with Gasteiger partial charge in [0, 0.05) is 19.3 Å².